The summed E-state index contributed by atoms with van der Waals surface area (Å²) in [6.45, 7) is 0. The fourth-order valence-corrected chi connectivity index (χ4v) is 5.07. The fraction of sp³-hybridized carbons (Fsp3) is 0.375. The molecule has 0 unspecified atom stereocenters. The first kappa shape index (κ1) is 24.1. The van der Waals surface area contributed by atoms with Crippen molar-refractivity contribution in [2.45, 2.75) is 56.1 Å². The van der Waals surface area contributed by atoms with E-state index in [0.29, 0.717) is 16.8 Å². The van der Waals surface area contributed by atoms with Gasteiger partial charge in [-0.05, 0) is 60.7 Å². The minimum absolute atomic E-state index is 0.100. The van der Waals surface area contributed by atoms with Gasteiger partial charge in [0.2, 0.25) is 11.8 Å². The molecule has 1 aliphatic heterocycles. The Morgan fingerprint density at radius 2 is 1.74 bits per heavy atom. The number of amides is 2. The summed E-state index contributed by atoms with van der Waals surface area (Å²) in [5.74, 6) is -0.530. The Labute approximate surface area is 199 Å². The van der Waals surface area contributed by atoms with Gasteiger partial charge in [-0.2, -0.15) is 0 Å². The van der Waals surface area contributed by atoms with Crippen LogP contribution in [-0.4, -0.2) is 28.6 Å². The number of carbonyl (C=O) groups is 2. The average Bonchev–Trinajstić information content (AvgIpc) is 3.13. The molecule has 34 heavy (non-hydrogen) atoms. The molecule has 10 heteroatoms. The van der Waals surface area contributed by atoms with Gasteiger partial charge in [-0.25, -0.2) is 4.99 Å². The molecule has 4 rings (SSSR count). The highest BCUT2D eigenvalue weighted by Gasteiger charge is 2.33. The molecule has 180 valence electrons. The number of nitrogens with one attached hydrogen (secondary N) is 2. The Hall–Kier alpha value is -3.01. The van der Waals surface area contributed by atoms with Crippen LogP contribution >= 0.6 is 11.8 Å². The van der Waals surface area contributed by atoms with E-state index in [1.807, 2.05) is 12.1 Å². The van der Waals surface area contributed by atoms with Crippen LogP contribution in [0.3, 0.4) is 0 Å². The zero-order chi connectivity index (χ0) is 24.1. The van der Waals surface area contributed by atoms with E-state index >= 15 is 0 Å². The van der Waals surface area contributed by atoms with E-state index in [1.54, 1.807) is 0 Å². The van der Waals surface area contributed by atoms with Crippen molar-refractivity contribution in [2.75, 3.05) is 5.32 Å². The van der Waals surface area contributed by atoms with Gasteiger partial charge in [0.1, 0.15) is 11.0 Å². The highest BCUT2D eigenvalue weighted by Crippen LogP contribution is 2.34. The molecular formula is C24H24F3N3O3S. The molecule has 2 aliphatic rings. The number of halogens is 3. The number of carbonyl (C=O) groups excluding carboxylic acids is 2. The third kappa shape index (κ3) is 6.75. The maximum atomic E-state index is 12.3. The second-order valence-electron chi connectivity index (χ2n) is 8.26. The lowest BCUT2D eigenvalue weighted by atomic mass is 9.84. The monoisotopic (exact) mass is 491 g/mol. The summed E-state index contributed by atoms with van der Waals surface area (Å²) in [5, 5.41) is 5.06. The third-order valence-corrected chi connectivity index (χ3v) is 6.80. The lowest BCUT2D eigenvalue weighted by Gasteiger charge is -2.21. The van der Waals surface area contributed by atoms with Gasteiger partial charge < -0.3 is 15.4 Å². The fourth-order valence-electron chi connectivity index (χ4n) is 4.09. The van der Waals surface area contributed by atoms with E-state index in [1.165, 1.54) is 61.6 Å². The van der Waals surface area contributed by atoms with Crippen molar-refractivity contribution >= 4 is 40.1 Å². The largest absolute Gasteiger partial charge is 0.573 e. The lowest BCUT2D eigenvalue weighted by molar-refractivity contribution is -0.274. The highest BCUT2D eigenvalue weighted by molar-refractivity contribution is 8.15. The van der Waals surface area contributed by atoms with Gasteiger partial charge in [-0.1, -0.05) is 43.2 Å². The number of alkyl halides is 3. The van der Waals surface area contributed by atoms with Crippen molar-refractivity contribution < 1.29 is 27.5 Å². The second-order valence-corrected chi connectivity index (χ2v) is 9.46. The zero-order valence-electron chi connectivity index (χ0n) is 18.2. The van der Waals surface area contributed by atoms with Crippen molar-refractivity contribution in [2.24, 2.45) is 4.99 Å². The van der Waals surface area contributed by atoms with Crippen LogP contribution in [0.1, 0.15) is 50.0 Å². The van der Waals surface area contributed by atoms with Crippen molar-refractivity contribution in [3.05, 3.63) is 54.1 Å². The van der Waals surface area contributed by atoms with Gasteiger partial charge in [0.05, 0.1) is 5.69 Å². The standard InChI is InChI=1S/C24H24F3N3O3S/c25-24(26,27)33-19-12-10-17(11-13-19)28-21(31)14-20-22(32)30-23(34-20)29-18-8-6-16(7-9-18)15-4-2-1-3-5-15/h6-13,15,20H,1-5,14H2,(H,28,31)(H,29,30,32)/t20-/m1/s1. The second kappa shape index (κ2) is 10.5. The number of nitrogens with zero attached hydrogens (tertiary/aromatic N) is 1. The first-order valence-corrected chi connectivity index (χ1v) is 11.9. The molecule has 1 aliphatic carbocycles. The number of aliphatic imine (C=N–C) groups is 1. The SMILES string of the molecule is O=C(C[C@H]1SC(=Nc2ccc(C3CCCCC3)cc2)NC1=O)Nc1ccc(OC(F)(F)F)cc1. The van der Waals surface area contributed by atoms with Crippen LogP contribution in [-0.2, 0) is 9.59 Å². The van der Waals surface area contributed by atoms with E-state index in [2.05, 4.69) is 32.5 Å². The van der Waals surface area contributed by atoms with Crippen LogP contribution in [0, 0.1) is 0 Å². The topological polar surface area (TPSA) is 79.8 Å². The summed E-state index contributed by atoms with van der Waals surface area (Å²) in [4.78, 5) is 29.1. The average molecular weight is 492 g/mol. The van der Waals surface area contributed by atoms with Crippen molar-refractivity contribution in [3.63, 3.8) is 0 Å². The molecule has 2 N–H and O–H groups in total. The van der Waals surface area contributed by atoms with E-state index in [4.69, 9.17) is 0 Å². The van der Waals surface area contributed by atoms with Crippen LogP contribution < -0.4 is 15.4 Å². The Morgan fingerprint density at radius 3 is 2.38 bits per heavy atom. The van der Waals surface area contributed by atoms with E-state index in [-0.39, 0.29) is 18.1 Å². The Kier molecular flexibility index (Phi) is 7.45. The Morgan fingerprint density at radius 1 is 1.06 bits per heavy atom. The predicted molar refractivity (Wildman–Crippen MR) is 125 cm³/mol. The smallest absolute Gasteiger partial charge is 0.406 e. The predicted octanol–water partition coefficient (Wildman–Crippen LogP) is 5.88. The quantitative estimate of drug-likeness (QED) is 0.529. The highest BCUT2D eigenvalue weighted by atomic mass is 32.2. The van der Waals surface area contributed by atoms with Gasteiger partial charge in [-0.3, -0.25) is 9.59 Å². The maximum Gasteiger partial charge on any atom is 0.573 e. The van der Waals surface area contributed by atoms with Crippen LogP contribution in [0.15, 0.2) is 53.5 Å². The van der Waals surface area contributed by atoms with Gasteiger partial charge in [0.25, 0.3) is 0 Å². The number of rotatable bonds is 6. The summed E-state index contributed by atoms with van der Waals surface area (Å²) >= 11 is 1.18. The molecule has 0 bridgehead atoms. The van der Waals surface area contributed by atoms with Crippen LogP contribution in [0.2, 0.25) is 0 Å². The first-order chi connectivity index (χ1) is 16.2. The minimum Gasteiger partial charge on any atom is -0.406 e. The molecular weight excluding hydrogens is 467 g/mol. The van der Waals surface area contributed by atoms with Crippen LogP contribution in [0.5, 0.6) is 5.75 Å². The van der Waals surface area contributed by atoms with Crippen LogP contribution in [0.25, 0.3) is 0 Å². The summed E-state index contributed by atoms with van der Waals surface area (Å²) < 4.78 is 40.5. The molecule has 0 spiro atoms. The normalized spacial score (nSPS) is 20.3. The Bertz CT molecular complexity index is 1050. The minimum atomic E-state index is -4.78. The molecule has 2 amide bonds. The Balaban J connectivity index is 1.30. The molecule has 1 heterocycles. The van der Waals surface area contributed by atoms with Gasteiger partial charge in [-0.15, -0.1) is 13.2 Å². The summed E-state index contributed by atoms with van der Waals surface area (Å²) in [7, 11) is 0. The molecule has 1 saturated heterocycles. The number of hydrogen-bond donors (Lipinski definition) is 2. The maximum absolute atomic E-state index is 12.3. The molecule has 2 aromatic carbocycles. The molecule has 1 saturated carbocycles. The number of hydrogen-bond acceptors (Lipinski definition) is 5. The van der Waals surface area contributed by atoms with Crippen LogP contribution in [0.4, 0.5) is 24.5 Å². The zero-order valence-corrected chi connectivity index (χ0v) is 19.0. The van der Waals surface area contributed by atoms with E-state index in [9.17, 15) is 22.8 Å². The van der Waals surface area contributed by atoms with E-state index in [0.717, 1.165) is 17.8 Å². The van der Waals surface area contributed by atoms with Crippen molar-refractivity contribution in [1.29, 1.82) is 0 Å². The molecule has 2 fully saturated rings. The van der Waals surface area contributed by atoms with Gasteiger partial charge in [0, 0.05) is 12.1 Å². The number of amidine groups is 1. The number of anilines is 1. The van der Waals surface area contributed by atoms with E-state index < -0.39 is 17.5 Å². The number of ether oxygens (including phenoxy) is 1. The summed E-state index contributed by atoms with van der Waals surface area (Å²) in [6.07, 6.45) is 1.39. The molecule has 0 radical (unpaired) electrons. The number of thioether (sulfide) groups is 1. The molecule has 2 aromatic rings. The number of benzene rings is 2. The van der Waals surface area contributed by atoms with Gasteiger partial charge in [0.15, 0.2) is 5.17 Å². The van der Waals surface area contributed by atoms with Crippen molar-refractivity contribution in [3.8, 4) is 5.75 Å². The van der Waals surface area contributed by atoms with Gasteiger partial charge >= 0.3 is 6.36 Å². The molecule has 0 aromatic heterocycles. The summed E-state index contributed by atoms with van der Waals surface area (Å²) in [5.41, 5.74) is 2.35. The lowest BCUT2D eigenvalue weighted by Crippen LogP contribution is -2.28. The molecule has 6 nitrogen and oxygen atoms in total. The first-order valence-electron chi connectivity index (χ1n) is 11.1. The summed E-state index contributed by atoms with van der Waals surface area (Å²) in [6, 6.07) is 12.9. The van der Waals surface area contributed by atoms with Crippen molar-refractivity contribution in [1.82, 2.24) is 5.32 Å². The molecule has 1 atom stereocenters. The third-order valence-electron chi connectivity index (χ3n) is 5.72.